The predicted octanol–water partition coefficient (Wildman–Crippen LogP) is 3.93. The highest BCUT2D eigenvalue weighted by atomic mass is 35.5. The fraction of sp³-hybridized carbons (Fsp3) is 0.364. The number of benzene rings is 1. The van der Waals surface area contributed by atoms with Crippen LogP contribution in [0, 0.1) is 6.92 Å². The molecule has 1 aromatic carbocycles. The number of ether oxygens (including phenoxy) is 1. The van der Waals surface area contributed by atoms with E-state index in [1.54, 1.807) is 36.7 Å². The van der Waals surface area contributed by atoms with Crippen molar-refractivity contribution in [2.24, 2.45) is 0 Å². The third-order valence-electron chi connectivity index (χ3n) is 4.86. The maximum absolute atomic E-state index is 12.8. The lowest BCUT2D eigenvalue weighted by molar-refractivity contribution is -0.147. The molecule has 9 nitrogen and oxygen atoms in total. The van der Waals surface area contributed by atoms with Crippen LogP contribution in [0.2, 0.25) is 5.02 Å². The minimum Gasteiger partial charge on any atom is -0.457 e. The van der Waals surface area contributed by atoms with Crippen LogP contribution in [0.4, 0.5) is 5.69 Å². The topological polar surface area (TPSA) is 116 Å². The van der Waals surface area contributed by atoms with Crippen LogP contribution in [0.5, 0.6) is 0 Å². The molecule has 0 aliphatic carbocycles. The van der Waals surface area contributed by atoms with Gasteiger partial charge in [0.05, 0.1) is 35.4 Å². The van der Waals surface area contributed by atoms with Gasteiger partial charge in [-0.25, -0.2) is 18.1 Å². The van der Waals surface area contributed by atoms with Gasteiger partial charge in [-0.1, -0.05) is 41.9 Å². The minimum atomic E-state index is -3.43. The zero-order chi connectivity index (χ0) is 24.2. The molecule has 0 fully saturated rings. The first-order chi connectivity index (χ1) is 15.6. The number of esters is 1. The van der Waals surface area contributed by atoms with Crippen LogP contribution in [-0.4, -0.2) is 40.6 Å². The van der Waals surface area contributed by atoms with Gasteiger partial charge in [0.1, 0.15) is 11.8 Å². The summed E-state index contributed by atoms with van der Waals surface area (Å²) in [4.78, 5) is 17.3. The Morgan fingerprint density at radius 2 is 1.97 bits per heavy atom. The molecule has 1 atom stereocenters. The molecular weight excluding hydrogens is 466 g/mol. The fourth-order valence-corrected chi connectivity index (χ4v) is 4.25. The molecule has 2 aromatic heterocycles. The van der Waals surface area contributed by atoms with Crippen LogP contribution in [0.3, 0.4) is 0 Å². The SMILES string of the molecule is CCCn1nnc(-c2ccc(NS(C)(=O)=O)c(C)n2)c1CC(=O)O[C@H](C)c1ccccc1Cl. The van der Waals surface area contributed by atoms with Gasteiger partial charge in [0.15, 0.2) is 0 Å². The highest BCUT2D eigenvalue weighted by Crippen LogP contribution is 2.27. The second-order valence-corrected chi connectivity index (χ2v) is 9.80. The van der Waals surface area contributed by atoms with Gasteiger partial charge in [0.2, 0.25) is 10.0 Å². The van der Waals surface area contributed by atoms with Crippen molar-refractivity contribution in [2.45, 2.75) is 46.3 Å². The van der Waals surface area contributed by atoms with E-state index in [2.05, 4.69) is 20.0 Å². The van der Waals surface area contributed by atoms with Gasteiger partial charge < -0.3 is 4.74 Å². The normalized spacial score (nSPS) is 12.4. The number of aryl methyl sites for hydroxylation is 2. The third-order valence-corrected chi connectivity index (χ3v) is 5.79. The van der Waals surface area contributed by atoms with E-state index in [4.69, 9.17) is 16.3 Å². The number of nitrogens with zero attached hydrogens (tertiary/aromatic N) is 4. The second-order valence-electron chi connectivity index (χ2n) is 7.64. The van der Waals surface area contributed by atoms with Gasteiger partial charge in [0, 0.05) is 17.1 Å². The van der Waals surface area contributed by atoms with Crippen LogP contribution in [0.25, 0.3) is 11.4 Å². The Morgan fingerprint density at radius 3 is 2.61 bits per heavy atom. The Morgan fingerprint density at radius 1 is 1.24 bits per heavy atom. The first kappa shape index (κ1) is 24.7. The summed E-state index contributed by atoms with van der Waals surface area (Å²) in [6, 6.07) is 10.5. The van der Waals surface area contributed by atoms with Crippen molar-refractivity contribution >= 4 is 33.3 Å². The van der Waals surface area contributed by atoms with Crippen molar-refractivity contribution in [3.05, 3.63) is 58.4 Å². The van der Waals surface area contributed by atoms with E-state index in [0.717, 1.165) is 18.2 Å². The molecule has 0 unspecified atom stereocenters. The molecule has 0 saturated heterocycles. The van der Waals surface area contributed by atoms with Crippen molar-refractivity contribution in [1.82, 2.24) is 20.0 Å². The number of carbonyl (C=O) groups is 1. The fourth-order valence-electron chi connectivity index (χ4n) is 3.34. The van der Waals surface area contributed by atoms with Crippen LogP contribution in [-0.2, 0) is 32.5 Å². The molecule has 0 aliphatic heterocycles. The molecule has 3 aromatic rings. The zero-order valence-electron chi connectivity index (χ0n) is 18.9. The first-order valence-corrected chi connectivity index (χ1v) is 12.7. The summed E-state index contributed by atoms with van der Waals surface area (Å²) in [6.07, 6.45) is 1.29. The predicted molar refractivity (Wildman–Crippen MR) is 126 cm³/mol. The van der Waals surface area contributed by atoms with Gasteiger partial charge in [0.25, 0.3) is 0 Å². The molecule has 3 rings (SSSR count). The first-order valence-electron chi connectivity index (χ1n) is 10.4. The van der Waals surface area contributed by atoms with E-state index in [0.29, 0.717) is 40.0 Å². The van der Waals surface area contributed by atoms with Crippen molar-refractivity contribution in [3.8, 4) is 11.4 Å². The molecule has 0 bridgehead atoms. The zero-order valence-corrected chi connectivity index (χ0v) is 20.4. The summed E-state index contributed by atoms with van der Waals surface area (Å²) >= 11 is 6.22. The maximum Gasteiger partial charge on any atom is 0.312 e. The van der Waals surface area contributed by atoms with Gasteiger partial charge >= 0.3 is 5.97 Å². The van der Waals surface area contributed by atoms with E-state index < -0.39 is 22.1 Å². The van der Waals surface area contributed by atoms with Gasteiger partial charge in [-0.3, -0.25) is 9.52 Å². The molecular formula is C22H26ClN5O4S. The molecule has 0 saturated carbocycles. The number of pyridine rings is 1. The van der Waals surface area contributed by atoms with Gasteiger partial charge in [-0.05, 0) is 38.5 Å². The van der Waals surface area contributed by atoms with Crippen LogP contribution in [0.15, 0.2) is 36.4 Å². The lowest BCUT2D eigenvalue weighted by Crippen LogP contribution is -2.16. The number of rotatable bonds is 9. The summed E-state index contributed by atoms with van der Waals surface area (Å²) < 4.78 is 32.8. The molecule has 0 radical (unpaired) electrons. The number of sulfonamides is 1. The summed E-state index contributed by atoms with van der Waals surface area (Å²) in [7, 11) is -3.43. The average Bonchev–Trinajstić information content (AvgIpc) is 3.11. The Labute approximate surface area is 198 Å². The maximum atomic E-state index is 12.8. The molecule has 0 amide bonds. The molecule has 176 valence electrons. The Kier molecular flexibility index (Phi) is 7.70. The Hall–Kier alpha value is -2.98. The van der Waals surface area contributed by atoms with E-state index >= 15 is 0 Å². The molecule has 0 spiro atoms. The second kappa shape index (κ2) is 10.3. The molecule has 0 aliphatic rings. The lowest BCUT2D eigenvalue weighted by atomic mass is 10.1. The highest BCUT2D eigenvalue weighted by Gasteiger charge is 2.22. The van der Waals surface area contributed by atoms with Gasteiger partial charge in [-0.2, -0.15) is 0 Å². The van der Waals surface area contributed by atoms with Crippen molar-refractivity contribution in [1.29, 1.82) is 0 Å². The smallest absolute Gasteiger partial charge is 0.312 e. The quantitative estimate of drug-likeness (QED) is 0.451. The van der Waals surface area contributed by atoms with E-state index in [9.17, 15) is 13.2 Å². The van der Waals surface area contributed by atoms with Crippen molar-refractivity contribution < 1.29 is 17.9 Å². The molecule has 1 N–H and O–H groups in total. The summed E-state index contributed by atoms with van der Waals surface area (Å²) in [5.41, 5.74) is 3.07. The Bertz CT molecular complexity index is 1260. The van der Waals surface area contributed by atoms with E-state index in [1.165, 1.54) is 0 Å². The number of hydrogen-bond acceptors (Lipinski definition) is 7. The molecule has 2 heterocycles. The standard InChI is InChI=1S/C22H26ClN5O4S/c1-5-12-28-20(13-21(29)32-15(3)16-8-6-7-9-17(16)23)22(25-27-28)19-11-10-18(14(2)24-19)26-33(4,30)31/h6-11,15,26H,5,12-13H2,1-4H3/t15-/m1/s1. The highest BCUT2D eigenvalue weighted by molar-refractivity contribution is 7.92. The van der Waals surface area contributed by atoms with Gasteiger partial charge in [-0.15, -0.1) is 5.10 Å². The average molecular weight is 492 g/mol. The third kappa shape index (κ3) is 6.29. The number of hydrogen-bond donors (Lipinski definition) is 1. The van der Waals surface area contributed by atoms with Crippen molar-refractivity contribution in [2.75, 3.05) is 11.0 Å². The number of anilines is 1. The van der Waals surface area contributed by atoms with Crippen LogP contribution >= 0.6 is 11.6 Å². The number of halogens is 1. The minimum absolute atomic E-state index is 0.0544. The van der Waals surface area contributed by atoms with E-state index in [1.807, 2.05) is 25.1 Å². The van der Waals surface area contributed by atoms with E-state index in [-0.39, 0.29) is 6.42 Å². The number of aromatic nitrogens is 4. The largest absolute Gasteiger partial charge is 0.457 e. The lowest BCUT2D eigenvalue weighted by Gasteiger charge is -2.15. The number of nitrogens with one attached hydrogen (secondary N) is 1. The van der Waals surface area contributed by atoms with Crippen molar-refractivity contribution in [3.63, 3.8) is 0 Å². The summed E-state index contributed by atoms with van der Waals surface area (Å²) in [5, 5.41) is 8.95. The summed E-state index contributed by atoms with van der Waals surface area (Å²) in [5.74, 6) is -0.449. The Balaban J connectivity index is 1.87. The molecule has 11 heteroatoms. The summed E-state index contributed by atoms with van der Waals surface area (Å²) in [6.45, 7) is 6.02. The monoisotopic (exact) mass is 491 g/mol. The molecule has 33 heavy (non-hydrogen) atoms. The van der Waals surface area contributed by atoms with Crippen LogP contribution in [0.1, 0.15) is 43.3 Å². The van der Waals surface area contributed by atoms with Crippen LogP contribution < -0.4 is 4.72 Å². The number of carbonyl (C=O) groups excluding carboxylic acids is 1.